The molecule has 0 atom stereocenters. The predicted octanol–water partition coefficient (Wildman–Crippen LogP) is 5.68. The molecule has 0 heterocycles. The van der Waals surface area contributed by atoms with E-state index in [0.29, 0.717) is 0 Å². The molecule has 16 heavy (non-hydrogen) atoms. The summed E-state index contributed by atoms with van der Waals surface area (Å²) in [4.78, 5) is 0. The van der Waals surface area contributed by atoms with Crippen LogP contribution in [-0.4, -0.2) is 0 Å². The number of alkyl halides is 2. The van der Waals surface area contributed by atoms with Gasteiger partial charge in [-0.15, -0.1) is 0 Å². The van der Waals surface area contributed by atoms with Crippen LogP contribution in [0.25, 0.3) is 0 Å². The van der Waals surface area contributed by atoms with E-state index in [4.69, 9.17) is 0 Å². The van der Waals surface area contributed by atoms with Crippen LogP contribution >= 0.6 is 45.2 Å². The van der Waals surface area contributed by atoms with Crippen molar-refractivity contribution in [3.8, 4) is 0 Å². The number of unbranched alkanes of at least 4 members (excludes halogenated alkanes) is 3. The van der Waals surface area contributed by atoms with Gasteiger partial charge in [-0.25, -0.2) is 0 Å². The van der Waals surface area contributed by atoms with Crippen molar-refractivity contribution in [3.63, 3.8) is 0 Å². The van der Waals surface area contributed by atoms with Gasteiger partial charge in [-0.1, -0.05) is 89.6 Å². The molecule has 0 aromatic heterocycles. The summed E-state index contributed by atoms with van der Waals surface area (Å²) in [5.41, 5.74) is 4.71. The Balaban J connectivity index is 2.63. The van der Waals surface area contributed by atoms with E-state index in [1.54, 1.807) is 11.1 Å². The summed E-state index contributed by atoms with van der Waals surface area (Å²) in [6, 6.07) is 6.81. The second-order valence-electron chi connectivity index (χ2n) is 4.13. The lowest BCUT2D eigenvalue weighted by atomic mass is 9.98. The number of benzene rings is 1. The lowest BCUT2D eigenvalue weighted by molar-refractivity contribution is 0.665. The third kappa shape index (κ3) is 4.51. The molecule has 0 N–H and O–H groups in total. The van der Waals surface area contributed by atoms with Gasteiger partial charge in [-0.2, -0.15) is 0 Å². The highest BCUT2D eigenvalue weighted by molar-refractivity contribution is 14.1. The van der Waals surface area contributed by atoms with Crippen molar-refractivity contribution < 1.29 is 0 Å². The first-order chi connectivity index (χ1) is 7.83. The largest absolute Gasteiger partial charge is 0.0812 e. The second kappa shape index (κ2) is 8.72. The minimum atomic E-state index is 1.14. The standard InChI is InChI=1S/C14H20I2/c1-2-3-4-5-7-12-8-6-9-13(10-15)14(12)11-16/h6,8-9H,2-5,7,10-11H2,1H3. The molecule has 0 aliphatic rings. The Labute approximate surface area is 127 Å². The van der Waals surface area contributed by atoms with Crippen LogP contribution in [0.3, 0.4) is 0 Å². The van der Waals surface area contributed by atoms with Crippen LogP contribution in [0.2, 0.25) is 0 Å². The predicted molar refractivity (Wildman–Crippen MR) is 89.7 cm³/mol. The zero-order valence-electron chi connectivity index (χ0n) is 9.94. The van der Waals surface area contributed by atoms with Crippen LogP contribution in [-0.2, 0) is 15.3 Å². The average molecular weight is 442 g/mol. The maximum absolute atomic E-state index is 2.49. The Morgan fingerprint density at radius 2 is 1.69 bits per heavy atom. The minimum absolute atomic E-state index is 1.14. The monoisotopic (exact) mass is 442 g/mol. The fourth-order valence-electron chi connectivity index (χ4n) is 1.96. The smallest absolute Gasteiger partial charge is 0.0252 e. The lowest BCUT2D eigenvalue weighted by Gasteiger charge is -2.11. The molecule has 1 aromatic carbocycles. The molecule has 0 unspecified atom stereocenters. The van der Waals surface area contributed by atoms with E-state index in [1.807, 2.05) is 0 Å². The van der Waals surface area contributed by atoms with E-state index < -0.39 is 0 Å². The first kappa shape index (κ1) is 14.7. The molecule has 0 saturated carbocycles. The van der Waals surface area contributed by atoms with E-state index in [-0.39, 0.29) is 0 Å². The summed E-state index contributed by atoms with van der Waals surface area (Å²) >= 11 is 4.96. The van der Waals surface area contributed by atoms with E-state index in [0.717, 1.165) is 8.86 Å². The number of hydrogen-bond acceptors (Lipinski definition) is 0. The summed E-state index contributed by atoms with van der Waals surface area (Å²) < 4.78 is 2.29. The van der Waals surface area contributed by atoms with Gasteiger partial charge in [0, 0.05) is 8.86 Å². The van der Waals surface area contributed by atoms with E-state index in [2.05, 4.69) is 70.3 Å². The highest BCUT2D eigenvalue weighted by Gasteiger charge is 2.05. The maximum Gasteiger partial charge on any atom is 0.0252 e. The quantitative estimate of drug-likeness (QED) is 0.290. The van der Waals surface area contributed by atoms with Gasteiger partial charge >= 0.3 is 0 Å². The van der Waals surface area contributed by atoms with Gasteiger partial charge in [0.05, 0.1) is 0 Å². The van der Waals surface area contributed by atoms with Crippen molar-refractivity contribution in [1.29, 1.82) is 0 Å². The van der Waals surface area contributed by atoms with Crippen molar-refractivity contribution >= 4 is 45.2 Å². The zero-order chi connectivity index (χ0) is 11.8. The van der Waals surface area contributed by atoms with Crippen molar-refractivity contribution in [2.75, 3.05) is 0 Å². The van der Waals surface area contributed by atoms with Gasteiger partial charge in [0.1, 0.15) is 0 Å². The summed E-state index contributed by atoms with van der Waals surface area (Å²) in [6.45, 7) is 2.27. The lowest BCUT2D eigenvalue weighted by Crippen LogP contribution is -1.96. The molecule has 0 aliphatic carbocycles. The number of aryl methyl sites for hydroxylation is 1. The molecule has 90 valence electrons. The van der Waals surface area contributed by atoms with Crippen molar-refractivity contribution in [2.24, 2.45) is 0 Å². The molecule has 0 aliphatic heterocycles. The average Bonchev–Trinajstić information content (AvgIpc) is 2.34. The Hall–Kier alpha value is 0.680. The normalized spacial score (nSPS) is 10.7. The number of halogens is 2. The maximum atomic E-state index is 2.49. The summed E-state index contributed by atoms with van der Waals surface area (Å²) in [5.74, 6) is 0. The first-order valence-corrected chi connectivity index (χ1v) is 9.10. The third-order valence-electron chi connectivity index (χ3n) is 2.95. The van der Waals surface area contributed by atoms with E-state index in [9.17, 15) is 0 Å². The molecule has 0 amide bonds. The topological polar surface area (TPSA) is 0 Å². The summed E-state index contributed by atoms with van der Waals surface area (Å²) in [7, 11) is 0. The molecule has 1 aromatic rings. The van der Waals surface area contributed by atoms with Crippen molar-refractivity contribution in [2.45, 2.75) is 47.9 Å². The van der Waals surface area contributed by atoms with Gasteiger partial charge in [-0.05, 0) is 29.5 Å². The number of rotatable bonds is 7. The summed E-state index contributed by atoms with van der Waals surface area (Å²) in [6.07, 6.45) is 6.70. The SMILES string of the molecule is CCCCCCc1cccc(CI)c1CI. The van der Waals surface area contributed by atoms with E-state index >= 15 is 0 Å². The molecule has 0 spiro atoms. The third-order valence-corrected chi connectivity index (χ3v) is 4.53. The van der Waals surface area contributed by atoms with Crippen LogP contribution in [0.5, 0.6) is 0 Å². The minimum Gasteiger partial charge on any atom is -0.0812 e. The van der Waals surface area contributed by atoms with Gasteiger partial charge < -0.3 is 0 Å². The van der Waals surface area contributed by atoms with Crippen LogP contribution in [0, 0.1) is 0 Å². The van der Waals surface area contributed by atoms with Gasteiger partial charge in [-0.3, -0.25) is 0 Å². The van der Waals surface area contributed by atoms with Gasteiger partial charge in [0.25, 0.3) is 0 Å². The highest BCUT2D eigenvalue weighted by Crippen LogP contribution is 2.22. The Kier molecular flexibility index (Phi) is 8.04. The molecule has 0 saturated heterocycles. The van der Waals surface area contributed by atoms with Crippen molar-refractivity contribution in [3.05, 3.63) is 34.9 Å². The molecule has 1 rings (SSSR count). The molecule has 2 heteroatoms. The summed E-state index contributed by atoms with van der Waals surface area (Å²) in [5, 5.41) is 0. The first-order valence-electron chi connectivity index (χ1n) is 6.05. The Morgan fingerprint density at radius 1 is 0.938 bits per heavy atom. The molecular weight excluding hydrogens is 422 g/mol. The zero-order valence-corrected chi connectivity index (χ0v) is 14.3. The van der Waals surface area contributed by atoms with Crippen LogP contribution in [0.4, 0.5) is 0 Å². The molecule has 0 radical (unpaired) electrons. The molecular formula is C14H20I2. The second-order valence-corrected chi connectivity index (χ2v) is 5.66. The molecule has 0 nitrogen and oxygen atoms in total. The van der Waals surface area contributed by atoms with Crippen LogP contribution < -0.4 is 0 Å². The number of hydrogen-bond donors (Lipinski definition) is 0. The fourth-order valence-corrected chi connectivity index (χ4v) is 3.66. The molecule has 0 bridgehead atoms. The van der Waals surface area contributed by atoms with Crippen LogP contribution in [0.15, 0.2) is 18.2 Å². The highest BCUT2D eigenvalue weighted by atomic mass is 127. The Morgan fingerprint density at radius 3 is 2.31 bits per heavy atom. The van der Waals surface area contributed by atoms with Crippen molar-refractivity contribution in [1.82, 2.24) is 0 Å². The fraction of sp³-hybridized carbons (Fsp3) is 0.571. The van der Waals surface area contributed by atoms with E-state index in [1.165, 1.54) is 37.7 Å². The van der Waals surface area contributed by atoms with Gasteiger partial charge in [0.15, 0.2) is 0 Å². The van der Waals surface area contributed by atoms with Gasteiger partial charge in [0.2, 0.25) is 0 Å². The molecule has 0 fully saturated rings. The Bertz CT molecular complexity index is 308. The van der Waals surface area contributed by atoms with Crippen LogP contribution in [0.1, 0.15) is 49.3 Å².